The Morgan fingerprint density at radius 1 is 0.784 bits per heavy atom. The molecule has 0 aliphatic heterocycles. The van der Waals surface area contributed by atoms with Crippen LogP contribution in [0.5, 0.6) is 0 Å². The highest BCUT2D eigenvalue weighted by atomic mass is 16.4. The number of carboxylic acids is 2. The van der Waals surface area contributed by atoms with Crippen molar-refractivity contribution >= 4 is 35.6 Å². The Kier molecular flexibility index (Phi) is 12.7. The van der Waals surface area contributed by atoms with Gasteiger partial charge in [0.05, 0.1) is 6.04 Å². The van der Waals surface area contributed by atoms with E-state index >= 15 is 0 Å². The lowest BCUT2D eigenvalue weighted by Crippen LogP contribution is -2.57. The van der Waals surface area contributed by atoms with Crippen LogP contribution in [0.1, 0.15) is 45.1 Å². The van der Waals surface area contributed by atoms with Gasteiger partial charge in [0.15, 0.2) is 0 Å². The molecule has 204 valence electrons. The van der Waals surface area contributed by atoms with Crippen molar-refractivity contribution in [2.75, 3.05) is 0 Å². The summed E-state index contributed by atoms with van der Waals surface area (Å²) in [6.07, 6.45) is -1.36. The molecule has 0 aliphatic carbocycles. The van der Waals surface area contributed by atoms with E-state index < -0.39 is 66.2 Å². The zero-order chi connectivity index (χ0) is 28.1. The summed E-state index contributed by atoms with van der Waals surface area (Å²) in [5, 5.41) is 25.7. The second-order valence-electron chi connectivity index (χ2n) is 8.92. The first kappa shape index (κ1) is 31.0. The van der Waals surface area contributed by atoms with Crippen molar-refractivity contribution in [2.24, 2.45) is 17.4 Å². The van der Waals surface area contributed by atoms with E-state index in [2.05, 4.69) is 16.0 Å². The van der Waals surface area contributed by atoms with Gasteiger partial charge in [-0.15, -0.1) is 0 Å². The summed E-state index contributed by atoms with van der Waals surface area (Å²) in [5.74, 6) is -6.03. The molecule has 1 rings (SSSR count). The number of carbonyl (C=O) groups is 6. The van der Waals surface area contributed by atoms with Gasteiger partial charge in [0, 0.05) is 19.3 Å². The van der Waals surface area contributed by atoms with Gasteiger partial charge >= 0.3 is 11.9 Å². The molecule has 13 nitrogen and oxygen atoms in total. The maximum Gasteiger partial charge on any atom is 0.326 e. The van der Waals surface area contributed by atoms with Crippen molar-refractivity contribution in [3.8, 4) is 0 Å². The molecule has 4 atom stereocenters. The van der Waals surface area contributed by atoms with Crippen molar-refractivity contribution in [3.63, 3.8) is 0 Å². The van der Waals surface area contributed by atoms with Gasteiger partial charge in [-0.1, -0.05) is 44.2 Å². The van der Waals surface area contributed by atoms with E-state index in [-0.39, 0.29) is 31.6 Å². The molecule has 4 amide bonds. The fourth-order valence-electron chi connectivity index (χ4n) is 3.26. The average Bonchev–Trinajstić information content (AvgIpc) is 2.83. The van der Waals surface area contributed by atoms with E-state index in [4.69, 9.17) is 16.6 Å². The molecule has 37 heavy (non-hydrogen) atoms. The number of hydrogen-bond acceptors (Lipinski definition) is 7. The monoisotopic (exact) mass is 521 g/mol. The smallest absolute Gasteiger partial charge is 0.326 e. The Morgan fingerprint density at radius 2 is 1.27 bits per heavy atom. The van der Waals surface area contributed by atoms with Gasteiger partial charge in [-0.3, -0.25) is 24.0 Å². The summed E-state index contributed by atoms with van der Waals surface area (Å²) in [5.41, 5.74) is 11.6. The predicted molar refractivity (Wildman–Crippen MR) is 132 cm³/mol. The second kappa shape index (κ2) is 15.2. The van der Waals surface area contributed by atoms with Crippen LogP contribution in [0.2, 0.25) is 0 Å². The van der Waals surface area contributed by atoms with Gasteiger partial charge in [0.1, 0.15) is 18.1 Å². The highest BCUT2D eigenvalue weighted by molar-refractivity contribution is 5.94. The lowest BCUT2D eigenvalue weighted by molar-refractivity contribution is -0.142. The first-order chi connectivity index (χ1) is 17.3. The highest BCUT2D eigenvalue weighted by Gasteiger charge is 2.31. The van der Waals surface area contributed by atoms with Crippen molar-refractivity contribution in [2.45, 2.75) is 70.1 Å². The number of carbonyl (C=O) groups excluding carboxylic acids is 4. The Labute approximate surface area is 214 Å². The maximum absolute atomic E-state index is 13.0. The normalized spacial score (nSPS) is 14.1. The van der Waals surface area contributed by atoms with E-state index in [1.165, 1.54) is 0 Å². The van der Waals surface area contributed by atoms with Gasteiger partial charge in [0.2, 0.25) is 23.6 Å². The molecule has 0 saturated carbocycles. The summed E-state index contributed by atoms with van der Waals surface area (Å²) >= 11 is 0. The third kappa shape index (κ3) is 11.5. The van der Waals surface area contributed by atoms with E-state index in [0.717, 1.165) is 0 Å². The number of aliphatic carboxylic acids is 2. The Balaban J connectivity index is 3.07. The molecule has 0 aromatic heterocycles. The predicted octanol–water partition coefficient (Wildman–Crippen LogP) is -1.12. The zero-order valence-corrected chi connectivity index (χ0v) is 20.8. The van der Waals surface area contributed by atoms with Crippen molar-refractivity contribution in [1.82, 2.24) is 16.0 Å². The number of nitrogens with two attached hydrogens (primary N) is 2. The Hall–Kier alpha value is -4.00. The van der Waals surface area contributed by atoms with Gasteiger partial charge in [0.25, 0.3) is 0 Å². The van der Waals surface area contributed by atoms with Crippen LogP contribution in [0.25, 0.3) is 0 Å². The van der Waals surface area contributed by atoms with Crippen LogP contribution < -0.4 is 27.4 Å². The minimum atomic E-state index is -1.39. The van der Waals surface area contributed by atoms with Crippen LogP contribution in [0.15, 0.2) is 30.3 Å². The average molecular weight is 522 g/mol. The van der Waals surface area contributed by atoms with E-state index in [1.807, 2.05) is 0 Å². The summed E-state index contributed by atoms with van der Waals surface area (Å²) in [7, 11) is 0. The first-order valence-electron chi connectivity index (χ1n) is 11.7. The topological polar surface area (TPSA) is 231 Å². The molecule has 0 heterocycles. The number of benzene rings is 1. The van der Waals surface area contributed by atoms with Crippen LogP contribution in [-0.2, 0) is 35.2 Å². The van der Waals surface area contributed by atoms with E-state index in [0.29, 0.717) is 5.56 Å². The van der Waals surface area contributed by atoms with Crippen molar-refractivity contribution < 1.29 is 39.0 Å². The molecule has 0 fully saturated rings. The molecule has 9 N–H and O–H groups in total. The van der Waals surface area contributed by atoms with Crippen LogP contribution >= 0.6 is 0 Å². The molecule has 0 saturated heterocycles. The van der Waals surface area contributed by atoms with Crippen LogP contribution in [0.4, 0.5) is 0 Å². The van der Waals surface area contributed by atoms with Gasteiger partial charge < -0.3 is 37.6 Å². The quantitative estimate of drug-likeness (QED) is 0.139. The lowest BCUT2D eigenvalue weighted by Gasteiger charge is -2.25. The number of primary amides is 1. The summed E-state index contributed by atoms with van der Waals surface area (Å²) in [4.78, 5) is 72.5. The highest BCUT2D eigenvalue weighted by Crippen LogP contribution is 2.07. The minimum absolute atomic E-state index is 0.0389. The van der Waals surface area contributed by atoms with E-state index in [9.17, 15) is 33.9 Å². The van der Waals surface area contributed by atoms with Gasteiger partial charge in [-0.2, -0.15) is 0 Å². The third-order valence-corrected chi connectivity index (χ3v) is 5.51. The molecule has 0 spiro atoms. The van der Waals surface area contributed by atoms with Crippen LogP contribution in [-0.4, -0.2) is 69.9 Å². The molecule has 1 aromatic rings. The van der Waals surface area contributed by atoms with Gasteiger partial charge in [-0.05, 0) is 24.3 Å². The number of rotatable bonds is 16. The van der Waals surface area contributed by atoms with Crippen LogP contribution in [0.3, 0.4) is 0 Å². The molecule has 0 bridgehead atoms. The number of amides is 4. The summed E-state index contributed by atoms with van der Waals surface area (Å²) in [6, 6.07) is 3.50. The van der Waals surface area contributed by atoms with Gasteiger partial charge in [-0.25, -0.2) is 4.79 Å². The molecule has 0 aliphatic rings. The van der Waals surface area contributed by atoms with Crippen molar-refractivity contribution in [3.05, 3.63) is 35.9 Å². The fraction of sp³-hybridized carbons (Fsp3) is 0.500. The molecular weight excluding hydrogens is 486 g/mol. The van der Waals surface area contributed by atoms with Crippen LogP contribution in [0, 0.1) is 5.92 Å². The molecule has 4 unspecified atom stereocenters. The second-order valence-corrected chi connectivity index (χ2v) is 8.92. The SMILES string of the molecule is CC(C)C(N)C(=O)NC(CCC(=O)O)C(=O)NC(CCC(N)=O)C(=O)NC(Cc1ccccc1)C(=O)O. The first-order valence-corrected chi connectivity index (χ1v) is 11.7. The minimum Gasteiger partial charge on any atom is -0.481 e. The Bertz CT molecular complexity index is 969. The number of hydrogen-bond donors (Lipinski definition) is 7. The molecule has 13 heteroatoms. The van der Waals surface area contributed by atoms with Crippen molar-refractivity contribution in [1.29, 1.82) is 0 Å². The molecule has 1 aromatic carbocycles. The Morgan fingerprint density at radius 3 is 1.73 bits per heavy atom. The fourth-order valence-corrected chi connectivity index (χ4v) is 3.26. The summed E-state index contributed by atoms with van der Waals surface area (Å²) in [6.45, 7) is 3.38. The summed E-state index contributed by atoms with van der Waals surface area (Å²) < 4.78 is 0. The number of carboxylic acid groups (broad SMARTS) is 2. The molecular formula is C24H35N5O8. The maximum atomic E-state index is 13.0. The largest absolute Gasteiger partial charge is 0.481 e. The molecule has 0 radical (unpaired) electrons. The van der Waals surface area contributed by atoms with E-state index in [1.54, 1.807) is 44.2 Å². The standard InChI is InChI=1S/C24H35N5O8/c1-13(2)20(26)23(35)28-16(9-11-19(31)32)21(33)27-15(8-10-18(25)30)22(34)29-17(24(36)37)12-14-6-4-3-5-7-14/h3-7,13,15-17,20H,8-12,26H2,1-2H3,(H2,25,30)(H,27,33)(H,28,35)(H,29,34)(H,31,32)(H,36,37). The lowest BCUT2D eigenvalue weighted by atomic mass is 10.0. The zero-order valence-electron chi connectivity index (χ0n) is 20.8. The third-order valence-electron chi connectivity index (χ3n) is 5.51. The number of nitrogens with one attached hydrogen (secondary N) is 3.